The van der Waals surface area contributed by atoms with Crippen molar-refractivity contribution in [2.45, 2.75) is 13.8 Å². The van der Waals surface area contributed by atoms with Crippen LogP contribution in [0.1, 0.15) is 11.1 Å². The molecule has 2 heterocycles. The Kier molecular flexibility index (Phi) is 4.05. The van der Waals surface area contributed by atoms with Crippen LogP contribution in [0.15, 0.2) is 77.1 Å². The van der Waals surface area contributed by atoms with Gasteiger partial charge in [-0.3, -0.25) is 4.40 Å². The number of fused-ring (bicyclic) bond motifs is 1. The Morgan fingerprint density at radius 1 is 0.923 bits per heavy atom. The lowest BCUT2D eigenvalue weighted by Crippen LogP contribution is -1.82. The highest BCUT2D eigenvalue weighted by Crippen LogP contribution is 2.32. The Morgan fingerprint density at radius 2 is 1.73 bits per heavy atom. The number of benzene rings is 2. The summed E-state index contributed by atoms with van der Waals surface area (Å²) in [5.74, 6) is 0.336. The van der Waals surface area contributed by atoms with Gasteiger partial charge in [0, 0.05) is 11.8 Å². The zero-order valence-corrected chi connectivity index (χ0v) is 14.5. The number of azo groups is 1. The predicted octanol–water partition coefficient (Wildman–Crippen LogP) is 6.17. The first-order valence-electron chi connectivity index (χ1n) is 8.34. The van der Waals surface area contributed by atoms with Crippen LogP contribution in [0.2, 0.25) is 0 Å². The van der Waals surface area contributed by atoms with Crippen LogP contribution in [0.4, 0.5) is 15.9 Å². The fourth-order valence-electron chi connectivity index (χ4n) is 2.90. The van der Waals surface area contributed by atoms with E-state index in [0.717, 1.165) is 22.5 Å². The van der Waals surface area contributed by atoms with Gasteiger partial charge in [0.05, 0.1) is 5.69 Å². The van der Waals surface area contributed by atoms with E-state index in [-0.39, 0.29) is 5.82 Å². The smallest absolute Gasteiger partial charge is 0.187 e. The maximum atomic E-state index is 13.3. The first-order chi connectivity index (χ1) is 12.6. The standard InChI is InChI=1S/C21H17FN4/c1-14-6-11-18(15(2)13-14)24-25-21-20(16-7-9-17(22)10-8-16)23-19-5-3-4-12-26(19)21/h3-13H,1-2H3. The van der Waals surface area contributed by atoms with Crippen molar-refractivity contribution in [1.82, 2.24) is 9.38 Å². The second kappa shape index (κ2) is 6.52. The third kappa shape index (κ3) is 2.99. The number of pyridine rings is 1. The molecule has 0 atom stereocenters. The first-order valence-corrected chi connectivity index (χ1v) is 8.34. The molecule has 128 valence electrons. The molecule has 0 spiro atoms. The highest BCUT2D eigenvalue weighted by Gasteiger charge is 2.14. The van der Waals surface area contributed by atoms with Gasteiger partial charge < -0.3 is 0 Å². The Labute approximate surface area is 150 Å². The molecule has 2 aromatic carbocycles. The summed E-state index contributed by atoms with van der Waals surface area (Å²) in [5, 5.41) is 8.92. The van der Waals surface area contributed by atoms with E-state index in [4.69, 9.17) is 0 Å². The van der Waals surface area contributed by atoms with Crippen LogP contribution in [0.5, 0.6) is 0 Å². The van der Waals surface area contributed by atoms with Gasteiger partial charge >= 0.3 is 0 Å². The molecule has 0 aliphatic heterocycles. The highest BCUT2D eigenvalue weighted by atomic mass is 19.1. The molecule has 0 saturated carbocycles. The zero-order valence-electron chi connectivity index (χ0n) is 14.5. The Bertz CT molecular complexity index is 1110. The van der Waals surface area contributed by atoms with Gasteiger partial charge in [-0.25, -0.2) is 9.37 Å². The molecule has 0 radical (unpaired) electrons. The molecule has 4 nitrogen and oxygen atoms in total. The van der Waals surface area contributed by atoms with Gasteiger partial charge in [0.25, 0.3) is 0 Å². The molecule has 0 bridgehead atoms. The van der Waals surface area contributed by atoms with E-state index in [2.05, 4.69) is 21.3 Å². The van der Waals surface area contributed by atoms with Crippen molar-refractivity contribution < 1.29 is 4.39 Å². The predicted molar refractivity (Wildman–Crippen MR) is 101 cm³/mol. The SMILES string of the molecule is Cc1ccc(N=Nc2c(-c3ccc(F)cc3)nc3ccccn23)c(C)c1. The van der Waals surface area contributed by atoms with Gasteiger partial charge in [-0.15, -0.1) is 10.2 Å². The molecule has 4 aromatic rings. The molecule has 0 aliphatic carbocycles. The van der Waals surface area contributed by atoms with Crippen LogP contribution in [0.3, 0.4) is 0 Å². The highest BCUT2D eigenvalue weighted by molar-refractivity contribution is 5.74. The molecule has 0 saturated heterocycles. The molecular formula is C21H17FN4. The fraction of sp³-hybridized carbons (Fsp3) is 0.0952. The summed E-state index contributed by atoms with van der Waals surface area (Å²) in [7, 11) is 0. The van der Waals surface area contributed by atoms with Gasteiger partial charge in [-0.1, -0.05) is 23.8 Å². The lowest BCUT2D eigenvalue weighted by molar-refractivity contribution is 0.628. The van der Waals surface area contributed by atoms with Crippen LogP contribution in [-0.2, 0) is 0 Å². The molecule has 2 aromatic heterocycles. The Morgan fingerprint density at radius 3 is 2.50 bits per heavy atom. The number of imidazole rings is 1. The molecular weight excluding hydrogens is 327 g/mol. The Balaban J connectivity index is 1.86. The average Bonchev–Trinajstić information content (AvgIpc) is 3.00. The van der Waals surface area contributed by atoms with Crippen molar-refractivity contribution in [2.75, 3.05) is 0 Å². The van der Waals surface area contributed by atoms with Crippen LogP contribution < -0.4 is 0 Å². The van der Waals surface area contributed by atoms with E-state index in [0.29, 0.717) is 11.5 Å². The first kappa shape index (κ1) is 16.1. The lowest BCUT2D eigenvalue weighted by Gasteiger charge is -2.02. The maximum Gasteiger partial charge on any atom is 0.187 e. The number of halogens is 1. The number of hydrogen-bond acceptors (Lipinski definition) is 3. The summed E-state index contributed by atoms with van der Waals surface area (Å²) in [6, 6.07) is 18.0. The van der Waals surface area contributed by atoms with Crippen molar-refractivity contribution in [3.05, 3.63) is 83.8 Å². The van der Waals surface area contributed by atoms with Crippen molar-refractivity contribution >= 4 is 17.2 Å². The van der Waals surface area contributed by atoms with Gasteiger partial charge in [0.2, 0.25) is 0 Å². The second-order valence-corrected chi connectivity index (χ2v) is 6.21. The topological polar surface area (TPSA) is 42.0 Å². The monoisotopic (exact) mass is 344 g/mol. The van der Waals surface area contributed by atoms with E-state index in [1.807, 2.05) is 54.8 Å². The van der Waals surface area contributed by atoms with E-state index >= 15 is 0 Å². The molecule has 5 heteroatoms. The molecule has 0 N–H and O–H groups in total. The normalized spacial score (nSPS) is 11.5. The Hall–Kier alpha value is -3.34. The number of aryl methyl sites for hydroxylation is 2. The summed E-state index contributed by atoms with van der Waals surface area (Å²) in [6.45, 7) is 4.06. The summed E-state index contributed by atoms with van der Waals surface area (Å²) >= 11 is 0. The molecule has 4 rings (SSSR count). The number of rotatable bonds is 3. The minimum atomic E-state index is -0.282. The van der Waals surface area contributed by atoms with Gasteiger partial charge in [0.15, 0.2) is 5.82 Å². The summed E-state index contributed by atoms with van der Waals surface area (Å²) in [4.78, 5) is 4.65. The van der Waals surface area contributed by atoms with Crippen molar-refractivity contribution in [2.24, 2.45) is 10.2 Å². The summed E-state index contributed by atoms with van der Waals surface area (Å²) in [5.41, 5.74) is 5.29. The summed E-state index contributed by atoms with van der Waals surface area (Å²) < 4.78 is 15.2. The lowest BCUT2D eigenvalue weighted by atomic mass is 10.1. The maximum absolute atomic E-state index is 13.3. The quantitative estimate of drug-likeness (QED) is 0.410. The van der Waals surface area contributed by atoms with Crippen LogP contribution in [-0.4, -0.2) is 9.38 Å². The number of aromatic nitrogens is 2. The molecule has 0 unspecified atom stereocenters. The second-order valence-electron chi connectivity index (χ2n) is 6.21. The van der Waals surface area contributed by atoms with E-state index < -0.39 is 0 Å². The van der Waals surface area contributed by atoms with E-state index in [1.165, 1.54) is 17.7 Å². The van der Waals surface area contributed by atoms with Crippen LogP contribution in [0.25, 0.3) is 16.9 Å². The minimum Gasteiger partial charge on any atom is -0.283 e. The van der Waals surface area contributed by atoms with Crippen LogP contribution >= 0.6 is 0 Å². The average molecular weight is 344 g/mol. The number of nitrogens with zero attached hydrogens (tertiary/aromatic N) is 4. The third-order valence-electron chi connectivity index (χ3n) is 4.23. The van der Waals surface area contributed by atoms with Crippen molar-refractivity contribution in [3.8, 4) is 11.3 Å². The molecule has 0 fully saturated rings. The van der Waals surface area contributed by atoms with E-state index in [1.54, 1.807) is 12.1 Å². The van der Waals surface area contributed by atoms with Crippen LogP contribution in [0, 0.1) is 19.7 Å². The minimum absolute atomic E-state index is 0.282. The molecule has 0 aliphatic rings. The summed E-state index contributed by atoms with van der Waals surface area (Å²) in [6.07, 6.45) is 1.89. The number of hydrogen-bond donors (Lipinski definition) is 0. The largest absolute Gasteiger partial charge is 0.283 e. The van der Waals surface area contributed by atoms with Gasteiger partial charge in [0.1, 0.15) is 17.2 Å². The van der Waals surface area contributed by atoms with Crippen molar-refractivity contribution in [1.29, 1.82) is 0 Å². The van der Waals surface area contributed by atoms with Crippen molar-refractivity contribution in [3.63, 3.8) is 0 Å². The molecule has 26 heavy (non-hydrogen) atoms. The third-order valence-corrected chi connectivity index (χ3v) is 4.23. The molecule has 0 amide bonds. The van der Waals surface area contributed by atoms with E-state index in [9.17, 15) is 4.39 Å². The van der Waals surface area contributed by atoms with Gasteiger partial charge in [-0.2, -0.15) is 0 Å². The van der Waals surface area contributed by atoms with Gasteiger partial charge in [-0.05, 0) is 61.9 Å². The zero-order chi connectivity index (χ0) is 18.1. The fourth-order valence-corrected chi connectivity index (χ4v) is 2.90.